The van der Waals surface area contributed by atoms with E-state index >= 15 is 0 Å². The fraction of sp³-hybridized carbons (Fsp3) is 1.00. The molecule has 0 aliphatic carbocycles. The van der Waals surface area contributed by atoms with Crippen molar-refractivity contribution in [1.29, 1.82) is 0 Å². The van der Waals surface area contributed by atoms with Crippen LogP contribution in [0.25, 0.3) is 0 Å². The molecule has 2 heteroatoms. The summed E-state index contributed by atoms with van der Waals surface area (Å²) in [6.45, 7) is 3.33. The summed E-state index contributed by atoms with van der Waals surface area (Å²) < 4.78 is 0. The Morgan fingerprint density at radius 2 is 0.810 bits per heavy atom. The minimum absolute atomic E-state index is 1.04. The van der Waals surface area contributed by atoms with Crippen molar-refractivity contribution >= 4 is 0 Å². The quantitative estimate of drug-likeness (QED) is 0.201. The lowest BCUT2D eigenvalue weighted by atomic mass is 10.0. The first kappa shape index (κ1) is 20.9. The SMILES string of the molecule is CCCCCCCCCCCCCCCCCCN(C)N. The van der Waals surface area contributed by atoms with E-state index in [2.05, 4.69) is 6.92 Å². The van der Waals surface area contributed by atoms with Gasteiger partial charge in [-0.15, -0.1) is 0 Å². The molecule has 0 heterocycles. The zero-order valence-corrected chi connectivity index (χ0v) is 15.0. The van der Waals surface area contributed by atoms with Gasteiger partial charge in [0, 0.05) is 13.6 Å². The molecule has 0 radical (unpaired) electrons. The lowest BCUT2D eigenvalue weighted by Crippen LogP contribution is -2.26. The van der Waals surface area contributed by atoms with Gasteiger partial charge in [-0.25, -0.2) is 0 Å². The molecule has 2 N–H and O–H groups in total. The summed E-state index contributed by atoms with van der Waals surface area (Å²) in [7, 11) is 1.95. The summed E-state index contributed by atoms with van der Waals surface area (Å²) in [5.74, 6) is 5.59. The third-order valence-corrected chi connectivity index (χ3v) is 4.36. The zero-order valence-electron chi connectivity index (χ0n) is 15.0. The molecule has 0 aromatic carbocycles. The molecule has 2 nitrogen and oxygen atoms in total. The summed E-state index contributed by atoms with van der Waals surface area (Å²) >= 11 is 0. The minimum atomic E-state index is 1.04. The minimum Gasteiger partial charge on any atom is -0.269 e. The Morgan fingerprint density at radius 1 is 0.524 bits per heavy atom. The number of hydrogen-bond donors (Lipinski definition) is 1. The maximum absolute atomic E-state index is 5.59. The van der Waals surface area contributed by atoms with Crippen molar-refractivity contribution in [2.75, 3.05) is 13.6 Å². The molecule has 0 unspecified atom stereocenters. The van der Waals surface area contributed by atoms with Gasteiger partial charge in [0.05, 0.1) is 0 Å². The van der Waals surface area contributed by atoms with Crippen LogP contribution in [0.2, 0.25) is 0 Å². The molecule has 0 aromatic heterocycles. The second-order valence-corrected chi connectivity index (χ2v) is 6.78. The highest BCUT2D eigenvalue weighted by Gasteiger charge is 1.95. The van der Waals surface area contributed by atoms with Crippen molar-refractivity contribution in [3.8, 4) is 0 Å². The average molecular weight is 299 g/mol. The molecule has 0 fully saturated rings. The van der Waals surface area contributed by atoms with Crippen LogP contribution in [0.1, 0.15) is 110 Å². The van der Waals surface area contributed by atoms with Gasteiger partial charge in [0.15, 0.2) is 0 Å². The van der Waals surface area contributed by atoms with E-state index < -0.39 is 0 Å². The lowest BCUT2D eigenvalue weighted by molar-refractivity contribution is 0.336. The van der Waals surface area contributed by atoms with Crippen LogP contribution < -0.4 is 5.84 Å². The van der Waals surface area contributed by atoms with E-state index in [0.29, 0.717) is 0 Å². The number of hydrogen-bond acceptors (Lipinski definition) is 2. The van der Waals surface area contributed by atoms with Crippen molar-refractivity contribution in [3.05, 3.63) is 0 Å². The van der Waals surface area contributed by atoms with E-state index in [1.54, 1.807) is 5.01 Å². The Hall–Kier alpha value is -0.0800. The van der Waals surface area contributed by atoms with E-state index in [-0.39, 0.29) is 0 Å². The third kappa shape index (κ3) is 19.9. The van der Waals surface area contributed by atoms with Crippen LogP contribution in [0.5, 0.6) is 0 Å². The maximum Gasteiger partial charge on any atom is 0.0125 e. The number of nitrogens with zero attached hydrogens (tertiary/aromatic N) is 1. The Morgan fingerprint density at radius 3 is 1.10 bits per heavy atom. The fourth-order valence-electron chi connectivity index (χ4n) is 2.91. The number of rotatable bonds is 17. The van der Waals surface area contributed by atoms with Crippen LogP contribution in [-0.2, 0) is 0 Å². The second kappa shape index (κ2) is 18.0. The van der Waals surface area contributed by atoms with Crippen LogP contribution in [0.15, 0.2) is 0 Å². The maximum atomic E-state index is 5.59. The number of nitrogens with two attached hydrogens (primary N) is 1. The topological polar surface area (TPSA) is 29.3 Å². The number of hydrazine groups is 1. The molecule has 0 amide bonds. The zero-order chi connectivity index (χ0) is 15.6. The van der Waals surface area contributed by atoms with Gasteiger partial charge in [-0.2, -0.15) is 0 Å². The van der Waals surface area contributed by atoms with Gasteiger partial charge in [-0.3, -0.25) is 10.9 Å². The van der Waals surface area contributed by atoms with Gasteiger partial charge in [0.2, 0.25) is 0 Å². The molecule has 0 atom stereocenters. The van der Waals surface area contributed by atoms with Crippen molar-refractivity contribution in [3.63, 3.8) is 0 Å². The molecule has 0 aliphatic heterocycles. The van der Waals surface area contributed by atoms with Gasteiger partial charge < -0.3 is 0 Å². The first-order valence-electron chi connectivity index (χ1n) is 9.73. The van der Waals surface area contributed by atoms with E-state index in [1.165, 1.54) is 103 Å². The lowest BCUT2D eigenvalue weighted by Gasteiger charge is -2.08. The highest BCUT2D eigenvalue weighted by atomic mass is 15.4. The van der Waals surface area contributed by atoms with Gasteiger partial charge in [0.25, 0.3) is 0 Å². The van der Waals surface area contributed by atoms with E-state index in [0.717, 1.165) is 6.54 Å². The normalized spacial score (nSPS) is 11.4. The summed E-state index contributed by atoms with van der Waals surface area (Å²) in [4.78, 5) is 0. The van der Waals surface area contributed by atoms with E-state index in [4.69, 9.17) is 5.84 Å². The molecular weight excluding hydrogens is 256 g/mol. The van der Waals surface area contributed by atoms with Crippen molar-refractivity contribution in [1.82, 2.24) is 5.01 Å². The molecule has 0 aromatic rings. The second-order valence-electron chi connectivity index (χ2n) is 6.78. The highest BCUT2D eigenvalue weighted by molar-refractivity contribution is 4.50. The molecular formula is C19H42N2. The Balaban J connectivity index is 2.93. The van der Waals surface area contributed by atoms with Crippen molar-refractivity contribution < 1.29 is 0 Å². The standard InChI is InChI=1S/C19H42N2/c1-3-4-5-6-7-8-9-10-11-12-13-14-15-16-17-18-19-21(2)20/h3-20H2,1-2H3. The largest absolute Gasteiger partial charge is 0.269 e. The van der Waals surface area contributed by atoms with Crippen molar-refractivity contribution in [2.24, 2.45) is 5.84 Å². The summed E-state index contributed by atoms with van der Waals surface area (Å²) in [5.41, 5.74) is 0. The van der Waals surface area contributed by atoms with Gasteiger partial charge in [-0.1, -0.05) is 103 Å². The summed E-state index contributed by atoms with van der Waals surface area (Å²) in [6, 6.07) is 0. The van der Waals surface area contributed by atoms with Crippen LogP contribution in [0.3, 0.4) is 0 Å². The van der Waals surface area contributed by atoms with Gasteiger partial charge >= 0.3 is 0 Å². The Bertz CT molecular complexity index is 180. The van der Waals surface area contributed by atoms with E-state index in [9.17, 15) is 0 Å². The molecule has 0 saturated carbocycles. The predicted octanol–water partition coefficient (Wildman–Crippen LogP) is 6.05. The van der Waals surface area contributed by atoms with Crippen LogP contribution >= 0.6 is 0 Å². The highest BCUT2D eigenvalue weighted by Crippen LogP contribution is 2.13. The Labute approximate surface area is 134 Å². The monoisotopic (exact) mass is 298 g/mol. The average Bonchev–Trinajstić information content (AvgIpc) is 2.46. The molecule has 128 valence electrons. The molecule has 21 heavy (non-hydrogen) atoms. The molecule has 0 saturated heterocycles. The molecule has 0 aliphatic rings. The first-order valence-corrected chi connectivity index (χ1v) is 9.73. The summed E-state index contributed by atoms with van der Waals surface area (Å²) in [6.07, 6.45) is 22.8. The Kier molecular flexibility index (Phi) is 17.9. The molecule has 0 spiro atoms. The van der Waals surface area contributed by atoms with Crippen LogP contribution in [-0.4, -0.2) is 18.6 Å². The van der Waals surface area contributed by atoms with Gasteiger partial charge in [0.1, 0.15) is 0 Å². The number of unbranched alkanes of at least 4 members (excludes halogenated alkanes) is 15. The predicted molar refractivity (Wildman–Crippen MR) is 96.4 cm³/mol. The van der Waals surface area contributed by atoms with Crippen molar-refractivity contribution in [2.45, 2.75) is 110 Å². The van der Waals surface area contributed by atoms with Crippen LogP contribution in [0, 0.1) is 0 Å². The van der Waals surface area contributed by atoms with Gasteiger partial charge in [-0.05, 0) is 6.42 Å². The first-order chi connectivity index (χ1) is 10.3. The third-order valence-electron chi connectivity index (χ3n) is 4.36. The fourth-order valence-corrected chi connectivity index (χ4v) is 2.91. The van der Waals surface area contributed by atoms with E-state index in [1.807, 2.05) is 7.05 Å². The molecule has 0 rings (SSSR count). The summed E-state index contributed by atoms with van der Waals surface area (Å²) in [5, 5.41) is 1.80. The molecule has 0 bridgehead atoms. The van der Waals surface area contributed by atoms with Crippen LogP contribution in [0.4, 0.5) is 0 Å². The smallest absolute Gasteiger partial charge is 0.0125 e.